The van der Waals surface area contributed by atoms with E-state index in [0.717, 1.165) is 0 Å². The molecule has 1 aromatic carbocycles. The SMILES string of the molecule is COP(=O)(OC)c1c(Cl)c(Cl)cc(Cl)c1Cl. The van der Waals surface area contributed by atoms with Crippen LogP contribution >= 0.6 is 54.0 Å². The predicted octanol–water partition coefficient (Wildman–Crippen LogP) is 4.41. The van der Waals surface area contributed by atoms with Crippen molar-refractivity contribution in [2.24, 2.45) is 0 Å². The van der Waals surface area contributed by atoms with Crippen molar-refractivity contribution in [3.8, 4) is 0 Å². The Bertz CT molecular complexity index is 429. The van der Waals surface area contributed by atoms with Gasteiger partial charge in [0.1, 0.15) is 5.30 Å². The third-order valence-electron chi connectivity index (χ3n) is 1.84. The van der Waals surface area contributed by atoms with Gasteiger partial charge in [0.05, 0.1) is 20.1 Å². The molecule has 3 nitrogen and oxygen atoms in total. The van der Waals surface area contributed by atoms with Crippen molar-refractivity contribution in [3.63, 3.8) is 0 Å². The number of hydrogen-bond acceptors (Lipinski definition) is 3. The average Bonchev–Trinajstić information content (AvgIpc) is 2.26. The molecule has 0 saturated heterocycles. The molecule has 0 heterocycles. The fourth-order valence-corrected chi connectivity index (χ4v) is 3.86. The van der Waals surface area contributed by atoms with Crippen molar-refractivity contribution >= 4 is 59.3 Å². The lowest BCUT2D eigenvalue weighted by Crippen LogP contribution is -2.12. The Balaban J connectivity index is 3.61. The first-order valence-electron chi connectivity index (χ1n) is 3.92. The summed E-state index contributed by atoms with van der Waals surface area (Å²) in [6.07, 6.45) is 0. The van der Waals surface area contributed by atoms with Gasteiger partial charge in [-0.2, -0.15) is 0 Å². The van der Waals surface area contributed by atoms with E-state index in [2.05, 4.69) is 0 Å². The number of hydrogen-bond donors (Lipinski definition) is 0. The first kappa shape index (κ1) is 14.6. The summed E-state index contributed by atoms with van der Waals surface area (Å²) in [7, 11) is -1.17. The number of halogens is 4. The highest BCUT2D eigenvalue weighted by atomic mass is 35.5. The lowest BCUT2D eigenvalue weighted by molar-refractivity contribution is 0.287. The molecule has 0 aliphatic rings. The number of rotatable bonds is 3. The topological polar surface area (TPSA) is 35.5 Å². The molecule has 0 aromatic heterocycles. The van der Waals surface area contributed by atoms with E-state index in [1.54, 1.807) is 0 Å². The zero-order valence-corrected chi connectivity index (χ0v) is 12.2. The van der Waals surface area contributed by atoms with E-state index in [-0.39, 0.29) is 25.4 Å². The van der Waals surface area contributed by atoms with Crippen LogP contribution in [0.1, 0.15) is 0 Å². The van der Waals surface area contributed by atoms with Crippen molar-refractivity contribution in [2.45, 2.75) is 0 Å². The van der Waals surface area contributed by atoms with Crippen LogP contribution in [0.25, 0.3) is 0 Å². The maximum atomic E-state index is 12.2. The lowest BCUT2D eigenvalue weighted by Gasteiger charge is -2.17. The standard InChI is InChI=1S/C8H7Cl4O3P/c1-14-16(13,15-2)8-6(11)4(9)3-5(10)7(8)12/h3H,1-2H3. The minimum Gasteiger partial charge on any atom is -0.308 e. The minimum absolute atomic E-state index is 0.00287. The molecule has 8 heteroatoms. The summed E-state index contributed by atoms with van der Waals surface area (Å²) < 4.78 is 21.8. The van der Waals surface area contributed by atoms with Gasteiger partial charge in [0, 0.05) is 14.2 Å². The molecule has 1 aromatic rings. The van der Waals surface area contributed by atoms with Crippen molar-refractivity contribution in [3.05, 3.63) is 26.2 Å². The van der Waals surface area contributed by atoms with Gasteiger partial charge in [-0.3, -0.25) is 4.57 Å². The van der Waals surface area contributed by atoms with Crippen LogP contribution in [0.15, 0.2) is 6.07 Å². The van der Waals surface area contributed by atoms with Crippen LogP contribution in [0.5, 0.6) is 0 Å². The summed E-state index contributed by atoms with van der Waals surface area (Å²) in [5, 5.41) is 0.227. The van der Waals surface area contributed by atoms with Crippen molar-refractivity contribution < 1.29 is 13.6 Å². The van der Waals surface area contributed by atoms with Crippen LogP contribution in [-0.2, 0) is 13.6 Å². The van der Waals surface area contributed by atoms with Crippen molar-refractivity contribution in [1.29, 1.82) is 0 Å². The van der Waals surface area contributed by atoms with E-state index in [0.29, 0.717) is 0 Å². The highest BCUT2D eigenvalue weighted by molar-refractivity contribution is 7.62. The van der Waals surface area contributed by atoms with Gasteiger partial charge in [-0.1, -0.05) is 46.4 Å². The molecule has 0 saturated carbocycles. The molecule has 90 valence electrons. The molecule has 0 unspecified atom stereocenters. The molecular formula is C8H7Cl4O3P. The maximum Gasteiger partial charge on any atom is 0.363 e. The summed E-state index contributed by atoms with van der Waals surface area (Å²) in [5.74, 6) is 0. The first-order valence-corrected chi connectivity index (χ1v) is 6.98. The lowest BCUT2D eigenvalue weighted by atomic mass is 10.3. The second-order valence-electron chi connectivity index (χ2n) is 2.68. The van der Waals surface area contributed by atoms with E-state index in [1.165, 1.54) is 20.3 Å². The molecule has 0 N–H and O–H groups in total. The smallest absolute Gasteiger partial charge is 0.308 e. The van der Waals surface area contributed by atoms with Gasteiger partial charge in [0.15, 0.2) is 0 Å². The largest absolute Gasteiger partial charge is 0.363 e. The van der Waals surface area contributed by atoms with Crippen LogP contribution in [0, 0.1) is 0 Å². The highest BCUT2D eigenvalue weighted by Gasteiger charge is 2.32. The van der Waals surface area contributed by atoms with Crippen LogP contribution in [0.4, 0.5) is 0 Å². The summed E-state index contributed by atoms with van der Waals surface area (Å²) >= 11 is 23.4. The molecule has 0 fully saturated rings. The van der Waals surface area contributed by atoms with Gasteiger partial charge in [-0.05, 0) is 6.07 Å². The minimum atomic E-state index is -3.60. The second kappa shape index (κ2) is 5.45. The third-order valence-corrected chi connectivity index (χ3v) is 5.64. The maximum absolute atomic E-state index is 12.2. The van der Waals surface area contributed by atoms with E-state index in [9.17, 15) is 4.57 Å². The molecule has 16 heavy (non-hydrogen) atoms. The fraction of sp³-hybridized carbons (Fsp3) is 0.250. The van der Waals surface area contributed by atoms with E-state index in [4.69, 9.17) is 55.5 Å². The van der Waals surface area contributed by atoms with Crippen LogP contribution in [0.3, 0.4) is 0 Å². The number of benzene rings is 1. The molecule has 0 spiro atoms. The van der Waals surface area contributed by atoms with Crippen molar-refractivity contribution in [2.75, 3.05) is 14.2 Å². The van der Waals surface area contributed by atoms with Gasteiger partial charge < -0.3 is 9.05 Å². The predicted molar refractivity (Wildman–Crippen MR) is 67.7 cm³/mol. The Kier molecular flexibility index (Phi) is 4.97. The van der Waals surface area contributed by atoms with Crippen LogP contribution < -0.4 is 5.30 Å². The summed E-state index contributed by atoms with van der Waals surface area (Å²) in [6.45, 7) is 0. The highest BCUT2D eigenvalue weighted by Crippen LogP contribution is 2.51. The van der Waals surface area contributed by atoms with Gasteiger partial charge in [-0.15, -0.1) is 0 Å². The molecule has 0 bridgehead atoms. The summed E-state index contributed by atoms with van der Waals surface area (Å²) in [5.41, 5.74) is 0. The zero-order valence-electron chi connectivity index (χ0n) is 8.26. The van der Waals surface area contributed by atoms with Gasteiger partial charge in [-0.25, -0.2) is 0 Å². The fourth-order valence-electron chi connectivity index (χ4n) is 1.06. The van der Waals surface area contributed by atoms with E-state index in [1.807, 2.05) is 0 Å². The van der Waals surface area contributed by atoms with Crippen LogP contribution in [0.2, 0.25) is 20.1 Å². The monoisotopic (exact) mass is 322 g/mol. The van der Waals surface area contributed by atoms with Gasteiger partial charge in [0.2, 0.25) is 0 Å². The Morgan fingerprint density at radius 2 is 1.38 bits per heavy atom. The Morgan fingerprint density at radius 1 is 1.00 bits per heavy atom. The summed E-state index contributed by atoms with van der Waals surface area (Å²) in [4.78, 5) is 0. The third kappa shape index (κ3) is 2.51. The molecular weight excluding hydrogens is 317 g/mol. The zero-order chi connectivity index (χ0) is 12.5. The van der Waals surface area contributed by atoms with Gasteiger partial charge >= 0.3 is 7.60 Å². The van der Waals surface area contributed by atoms with Crippen molar-refractivity contribution in [1.82, 2.24) is 0 Å². The molecule has 0 aliphatic carbocycles. The van der Waals surface area contributed by atoms with E-state index < -0.39 is 7.60 Å². The van der Waals surface area contributed by atoms with E-state index >= 15 is 0 Å². The average molecular weight is 324 g/mol. The molecule has 1 rings (SSSR count). The molecule has 0 atom stereocenters. The normalized spacial score (nSPS) is 11.9. The Labute approximate surface area is 113 Å². The Hall–Kier alpha value is 0.530. The molecule has 0 aliphatic heterocycles. The second-order valence-corrected chi connectivity index (χ2v) is 6.42. The Morgan fingerprint density at radius 3 is 1.69 bits per heavy atom. The summed E-state index contributed by atoms with van der Waals surface area (Å²) in [6, 6.07) is 1.35. The molecule has 0 radical (unpaired) electrons. The quantitative estimate of drug-likeness (QED) is 0.610. The molecule has 0 amide bonds. The van der Waals surface area contributed by atoms with Gasteiger partial charge in [0.25, 0.3) is 0 Å². The van der Waals surface area contributed by atoms with Crippen LogP contribution in [-0.4, -0.2) is 14.2 Å². The first-order chi connectivity index (χ1) is 7.37.